The molecule has 2 aromatic carbocycles. The molecule has 1 N–H and O–H groups in total. The molecule has 0 radical (unpaired) electrons. The molecule has 0 aliphatic rings. The Morgan fingerprint density at radius 2 is 1.93 bits per heavy atom. The summed E-state index contributed by atoms with van der Waals surface area (Å²) in [5.74, 6) is -0.688. The molecule has 4 rings (SSSR count). The van der Waals surface area contributed by atoms with Crippen LogP contribution in [-0.4, -0.2) is 20.6 Å². The van der Waals surface area contributed by atoms with Gasteiger partial charge < -0.3 is 5.32 Å². The van der Waals surface area contributed by atoms with Crippen molar-refractivity contribution in [2.24, 2.45) is 0 Å². The molecule has 0 saturated carbocycles. The molecule has 1 atom stereocenters. The molecular formula is C21H18N4O3S. The third kappa shape index (κ3) is 4.02. The third-order valence-corrected chi connectivity index (χ3v) is 5.35. The molecule has 0 saturated heterocycles. The zero-order valence-corrected chi connectivity index (χ0v) is 16.4. The van der Waals surface area contributed by atoms with Gasteiger partial charge >= 0.3 is 5.76 Å². The summed E-state index contributed by atoms with van der Waals surface area (Å²) < 4.78 is 6.07. The number of aryl methyl sites for hydroxylation is 1. The second-order valence-corrected chi connectivity index (χ2v) is 7.38. The molecule has 2 aromatic heterocycles. The van der Waals surface area contributed by atoms with Crippen molar-refractivity contribution in [3.63, 3.8) is 0 Å². The minimum atomic E-state index is -0.677. The van der Waals surface area contributed by atoms with Crippen LogP contribution < -0.4 is 11.1 Å². The van der Waals surface area contributed by atoms with Crippen LogP contribution in [0.4, 0.5) is 0 Å². The lowest BCUT2D eigenvalue weighted by molar-refractivity contribution is -0.122. The molecule has 1 amide bonds. The van der Waals surface area contributed by atoms with Crippen molar-refractivity contribution in [3.05, 3.63) is 92.9 Å². The first-order valence-electron chi connectivity index (χ1n) is 8.99. The molecule has 0 fully saturated rings. The van der Waals surface area contributed by atoms with Gasteiger partial charge in [-0.15, -0.1) is 11.3 Å². The first-order chi connectivity index (χ1) is 14.1. The minimum absolute atomic E-state index is 0.208. The molecular weight excluding hydrogens is 388 g/mol. The SMILES string of the molecule is Cc1ccccc1-c1noc(=O)n1CC(=O)NC(c1ccccc1)c1nccs1. The Morgan fingerprint density at radius 1 is 1.17 bits per heavy atom. The van der Waals surface area contributed by atoms with Gasteiger partial charge in [-0.3, -0.25) is 9.32 Å². The molecule has 1 unspecified atom stereocenters. The van der Waals surface area contributed by atoms with E-state index in [4.69, 9.17) is 4.52 Å². The number of benzene rings is 2. The maximum absolute atomic E-state index is 12.8. The summed E-state index contributed by atoms with van der Waals surface area (Å²) in [5.41, 5.74) is 2.58. The third-order valence-electron chi connectivity index (χ3n) is 4.51. The van der Waals surface area contributed by atoms with Gasteiger partial charge in [0.15, 0.2) is 5.82 Å². The Balaban J connectivity index is 1.61. The molecule has 8 heteroatoms. The molecule has 4 aromatic rings. The molecule has 2 heterocycles. The van der Waals surface area contributed by atoms with Gasteiger partial charge in [0.05, 0.1) is 0 Å². The zero-order chi connectivity index (χ0) is 20.2. The predicted octanol–water partition coefficient (Wildman–Crippen LogP) is 3.17. The number of aromatic nitrogens is 3. The van der Waals surface area contributed by atoms with Crippen LogP contribution in [0.1, 0.15) is 22.2 Å². The van der Waals surface area contributed by atoms with E-state index < -0.39 is 11.8 Å². The van der Waals surface area contributed by atoms with Gasteiger partial charge in [-0.25, -0.2) is 14.3 Å². The van der Waals surface area contributed by atoms with Crippen molar-refractivity contribution < 1.29 is 9.32 Å². The van der Waals surface area contributed by atoms with Gasteiger partial charge in [0.25, 0.3) is 0 Å². The van der Waals surface area contributed by atoms with Crippen LogP contribution in [0.25, 0.3) is 11.4 Å². The molecule has 0 aliphatic heterocycles. The minimum Gasteiger partial charge on any atom is -0.341 e. The Hall–Kier alpha value is -3.52. The molecule has 0 bridgehead atoms. The van der Waals surface area contributed by atoms with E-state index in [1.54, 1.807) is 6.20 Å². The first kappa shape index (κ1) is 18.8. The molecule has 29 heavy (non-hydrogen) atoms. The molecule has 0 aliphatic carbocycles. The molecule has 146 valence electrons. The van der Waals surface area contributed by atoms with Crippen LogP contribution in [0.15, 0.2) is 75.5 Å². The Kier molecular flexibility index (Phi) is 5.35. The number of hydrogen-bond acceptors (Lipinski definition) is 6. The quantitative estimate of drug-likeness (QED) is 0.531. The van der Waals surface area contributed by atoms with E-state index in [0.717, 1.165) is 21.7 Å². The Morgan fingerprint density at radius 3 is 2.66 bits per heavy atom. The lowest BCUT2D eigenvalue weighted by Gasteiger charge is -2.17. The summed E-state index contributed by atoms with van der Waals surface area (Å²) in [4.78, 5) is 29.4. The number of hydrogen-bond donors (Lipinski definition) is 1. The summed E-state index contributed by atoms with van der Waals surface area (Å²) in [7, 11) is 0. The number of carbonyl (C=O) groups excluding carboxylic acids is 1. The van der Waals surface area contributed by atoms with Crippen molar-refractivity contribution in [2.45, 2.75) is 19.5 Å². The summed E-state index contributed by atoms with van der Waals surface area (Å²) in [6.07, 6.45) is 1.70. The van der Waals surface area contributed by atoms with Gasteiger partial charge in [-0.1, -0.05) is 59.8 Å². The van der Waals surface area contributed by atoms with Crippen molar-refractivity contribution in [2.75, 3.05) is 0 Å². The monoisotopic (exact) mass is 406 g/mol. The number of rotatable bonds is 6. The Bertz CT molecular complexity index is 1170. The van der Waals surface area contributed by atoms with Crippen molar-refractivity contribution in [1.82, 2.24) is 20.0 Å². The highest BCUT2D eigenvalue weighted by Gasteiger charge is 2.22. The average molecular weight is 406 g/mol. The highest BCUT2D eigenvalue weighted by Crippen LogP contribution is 2.24. The van der Waals surface area contributed by atoms with Crippen LogP contribution in [0.5, 0.6) is 0 Å². The van der Waals surface area contributed by atoms with Crippen LogP contribution in [0.2, 0.25) is 0 Å². The number of amides is 1. The smallest absolute Gasteiger partial charge is 0.341 e. The molecule has 7 nitrogen and oxygen atoms in total. The standard InChI is InChI=1S/C21H18N4O3S/c1-14-7-5-6-10-16(14)19-24-28-21(27)25(19)13-17(26)23-18(20-22-11-12-29-20)15-8-3-2-4-9-15/h2-12,18H,13H2,1H3,(H,23,26). The van der Waals surface area contributed by atoms with E-state index in [1.807, 2.05) is 66.9 Å². The predicted molar refractivity (Wildman–Crippen MR) is 109 cm³/mol. The topological polar surface area (TPSA) is 90.0 Å². The van der Waals surface area contributed by atoms with Crippen LogP contribution in [-0.2, 0) is 11.3 Å². The van der Waals surface area contributed by atoms with Gasteiger partial charge in [-0.2, -0.15) is 0 Å². The van der Waals surface area contributed by atoms with E-state index in [1.165, 1.54) is 15.9 Å². The average Bonchev–Trinajstić information content (AvgIpc) is 3.38. The van der Waals surface area contributed by atoms with E-state index >= 15 is 0 Å². The summed E-state index contributed by atoms with van der Waals surface area (Å²) in [6.45, 7) is 1.70. The fraction of sp³-hybridized carbons (Fsp3) is 0.143. The fourth-order valence-electron chi connectivity index (χ4n) is 3.09. The van der Waals surface area contributed by atoms with E-state index in [2.05, 4.69) is 15.5 Å². The number of thiazole rings is 1. The number of nitrogens with one attached hydrogen (secondary N) is 1. The van der Waals surface area contributed by atoms with Crippen LogP contribution >= 0.6 is 11.3 Å². The highest BCUT2D eigenvalue weighted by molar-refractivity contribution is 7.09. The first-order valence-corrected chi connectivity index (χ1v) is 9.87. The van der Waals surface area contributed by atoms with E-state index in [0.29, 0.717) is 5.82 Å². The lowest BCUT2D eigenvalue weighted by atomic mass is 10.1. The maximum atomic E-state index is 12.8. The van der Waals surface area contributed by atoms with Crippen LogP contribution in [0.3, 0.4) is 0 Å². The zero-order valence-electron chi connectivity index (χ0n) is 15.6. The lowest BCUT2D eigenvalue weighted by Crippen LogP contribution is -2.34. The van der Waals surface area contributed by atoms with Gasteiger partial charge in [0.2, 0.25) is 5.91 Å². The second-order valence-electron chi connectivity index (χ2n) is 6.45. The molecule has 0 spiro atoms. The van der Waals surface area contributed by atoms with Crippen molar-refractivity contribution in [3.8, 4) is 11.4 Å². The van der Waals surface area contributed by atoms with E-state index in [-0.39, 0.29) is 12.5 Å². The number of nitrogens with zero attached hydrogens (tertiary/aromatic N) is 3. The van der Waals surface area contributed by atoms with Gasteiger partial charge in [0.1, 0.15) is 17.6 Å². The maximum Gasteiger partial charge on any atom is 0.442 e. The largest absolute Gasteiger partial charge is 0.442 e. The van der Waals surface area contributed by atoms with Crippen LogP contribution in [0, 0.1) is 6.92 Å². The van der Waals surface area contributed by atoms with Crippen molar-refractivity contribution in [1.29, 1.82) is 0 Å². The summed E-state index contributed by atoms with van der Waals surface area (Å²) in [6, 6.07) is 16.7. The normalized spacial score (nSPS) is 11.9. The van der Waals surface area contributed by atoms with Gasteiger partial charge in [0, 0.05) is 17.1 Å². The van der Waals surface area contributed by atoms with Gasteiger partial charge in [-0.05, 0) is 18.1 Å². The second kappa shape index (κ2) is 8.24. The number of carbonyl (C=O) groups is 1. The fourth-order valence-corrected chi connectivity index (χ4v) is 3.80. The summed E-state index contributed by atoms with van der Waals surface area (Å²) in [5, 5.41) is 9.47. The van der Waals surface area contributed by atoms with Crippen molar-refractivity contribution >= 4 is 17.2 Å². The summed E-state index contributed by atoms with van der Waals surface area (Å²) >= 11 is 1.46. The Labute approximate surface area is 170 Å². The van der Waals surface area contributed by atoms with E-state index in [9.17, 15) is 9.59 Å². The highest BCUT2D eigenvalue weighted by atomic mass is 32.1.